The van der Waals surface area contributed by atoms with E-state index in [9.17, 15) is 5.11 Å². The van der Waals surface area contributed by atoms with Crippen molar-refractivity contribution in [1.82, 2.24) is 0 Å². The molecule has 72 valence electrons. The third kappa shape index (κ3) is 2.36. The fraction of sp³-hybridized carbons (Fsp3) is 0.400. The molecule has 0 unspecified atom stereocenters. The zero-order chi connectivity index (χ0) is 9.84. The second kappa shape index (κ2) is 4.49. The van der Waals surface area contributed by atoms with Crippen LogP contribution in [0.1, 0.15) is 25.0 Å². The number of benzene rings is 1. The largest absolute Gasteiger partial charge is 0.496 e. The van der Waals surface area contributed by atoms with Gasteiger partial charge in [0.15, 0.2) is 0 Å². The van der Waals surface area contributed by atoms with Gasteiger partial charge in [0, 0.05) is 10.6 Å². The number of ether oxygens (including phenoxy) is 1. The Balaban J connectivity index is 3.05. The van der Waals surface area contributed by atoms with Crippen molar-refractivity contribution in [3.8, 4) is 5.75 Å². The molecule has 0 bridgehead atoms. The second-order valence-corrected chi connectivity index (χ2v) is 3.25. The monoisotopic (exact) mass is 200 g/mol. The Morgan fingerprint density at radius 1 is 1.54 bits per heavy atom. The van der Waals surface area contributed by atoms with Crippen molar-refractivity contribution in [1.29, 1.82) is 0 Å². The Labute approximate surface area is 83.1 Å². The van der Waals surface area contributed by atoms with Crippen LogP contribution in [0.5, 0.6) is 5.75 Å². The molecule has 0 aliphatic carbocycles. The second-order valence-electron chi connectivity index (χ2n) is 2.81. The maximum absolute atomic E-state index is 9.61. The summed E-state index contributed by atoms with van der Waals surface area (Å²) in [6.07, 6.45) is 0.185. The first-order valence-corrected chi connectivity index (χ1v) is 4.58. The van der Waals surface area contributed by atoms with Gasteiger partial charge in [0.2, 0.25) is 0 Å². The zero-order valence-corrected chi connectivity index (χ0v) is 8.51. The first-order valence-electron chi connectivity index (χ1n) is 4.20. The van der Waals surface area contributed by atoms with Gasteiger partial charge in [-0.1, -0.05) is 24.6 Å². The Morgan fingerprint density at radius 3 is 2.77 bits per heavy atom. The molecule has 0 saturated carbocycles. The predicted octanol–water partition coefficient (Wildman–Crippen LogP) is 2.79. The molecule has 13 heavy (non-hydrogen) atoms. The fourth-order valence-corrected chi connectivity index (χ4v) is 1.34. The maximum atomic E-state index is 9.61. The molecule has 1 rings (SSSR count). The van der Waals surface area contributed by atoms with Crippen molar-refractivity contribution in [2.45, 2.75) is 19.4 Å². The Kier molecular flexibility index (Phi) is 3.58. The van der Waals surface area contributed by atoms with Crippen molar-refractivity contribution in [2.24, 2.45) is 0 Å². The number of hydrogen-bond acceptors (Lipinski definition) is 2. The molecule has 1 aromatic carbocycles. The van der Waals surface area contributed by atoms with Gasteiger partial charge in [-0.25, -0.2) is 0 Å². The Bertz CT molecular complexity index is 286. The van der Waals surface area contributed by atoms with Crippen LogP contribution in [0.3, 0.4) is 0 Å². The third-order valence-corrected chi connectivity index (χ3v) is 2.18. The van der Waals surface area contributed by atoms with Gasteiger partial charge in [0.1, 0.15) is 5.75 Å². The summed E-state index contributed by atoms with van der Waals surface area (Å²) >= 11 is 5.78. The van der Waals surface area contributed by atoms with Crippen molar-refractivity contribution in [2.75, 3.05) is 7.11 Å². The van der Waals surface area contributed by atoms with E-state index in [2.05, 4.69) is 0 Å². The highest BCUT2D eigenvalue weighted by Crippen LogP contribution is 2.29. The molecule has 0 heterocycles. The summed E-state index contributed by atoms with van der Waals surface area (Å²) in [5.41, 5.74) is 0.786. The molecule has 1 atom stereocenters. The van der Waals surface area contributed by atoms with Gasteiger partial charge in [-0.15, -0.1) is 0 Å². The van der Waals surface area contributed by atoms with E-state index in [1.54, 1.807) is 25.3 Å². The average Bonchev–Trinajstić information content (AvgIpc) is 2.16. The number of methoxy groups -OCH3 is 1. The Hall–Kier alpha value is -0.730. The molecule has 3 heteroatoms. The van der Waals surface area contributed by atoms with E-state index >= 15 is 0 Å². The highest BCUT2D eigenvalue weighted by atomic mass is 35.5. The molecule has 2 nitrogen and oxygen atoms in total. The number of halogens is 1. The molecule has 0 radical (unpaired) electrons. The minimum atomic E-state index is -0.479. The molecule has 0 fully saturated rings. The number of rotatable bonds is 3. The van der Waals surface area contributed by atoms with Crippen molar-refractivity contribution in [3.05, 3.63) is 28.8 Å². The standard InChI is InChI=1S/C10H13ClO2/c1-3-9(12)8-5-4-7(11)6-10(8)13-2/h4-6,9,12H,3H2,1-2H3/t9-/m1/s1. The highest BCUT2D eigenvalue weighted by molar-refractivity contribution is 6.30. The van der Waals surface area contributed by atoms with Crippen LogP contribution in [0.2, 0.25) is 5.02 Å². The smallest absolute Gasteiger partial charge is 0.126 e. The molecule has 0 spiro atoms. The summed E-state index contributed by atoms with van der Waals surface area (Å²) in [6, 6.07) is 5.24. The zero-order valence-electron chi connectivity index (χ0n) is 7.75. The summed E-state index contributed by atoms with van der Waals surface area (Å²) in [6.45, 7) is 1.92. The molecule has 0 amide bonds. The summed E-state index contributed by atoms with van der Waals surface area (Å²) < 4.78 is 5.10. The molecule has 0 aromatic heterocycles. The van der Waals surface area contributed by atoms with Crippen LogP contribution in [0.25, 0.3) is 0 Å². The molecule has 0 saturated heterocycles. The van der Waals surface area contributed by atoms with Gasteiger partial charge in [-0.3, -0.25) is 0 Å². The summed E-state index contributed by atoms with van der Waals surface area (Å²) in [4.78, 5) is 0. The van der Waals surface area contributed by atoms with E-state index in [1.165, 1.54) is 0 Å². The number of aliphatic hydroxyl groups is 1. The van der Waals surface area contributed by atoms with Crippen LogP contribution < -0.4 is 4.74 Å². The number of aliphatic hydroxyl groups excluding tert-OH is 1. The quantitative estimate of drug-likeness (QED) is 0.813. The van der Waals surface area contributed by atoms with E-state index in [1.807, 2.05) is 6.92 Å². The van der Waals surface area contributed by atoms with E-state index in [0.29, 0.717) is 17.2 Å². The van der Waals surface area contributed by atoms with Gasteiger partial charge < -0.3 is 9.84 Å². The van der Waals surface area contributed by atoms with Crippen LogP contribution in [0, 0.1) is 0 Å². The minimum Gasteiger partial charge on any atom is -0.496 e. The lowest BCUT2D eigenvalue weighted by Gasteiger charge is -2.12. The highest BCUT2D eigenvalue weighted by Gasteiger charge is 2.10. The predicted molar refractivity (Wildman–Crippen MR) is 53.3 cm³/mol. The summed E-state index contributed by atoms with van der Waals surface area (Å²) in [7, 11) is 1.57. The molecular formula is C10H13ClO2. The van der Waals surface area contributed by atoms with Crippen molar-refractivity contribution in [3.63, 3.8) is 0 Å². The van der Waals surface area contributed by atoms with Gasteiger partial charge in [0.25, 0.3) is 0 Å². The van der Waals surface area contributed by atoms with Crippen LogP contribution in [-0.4, -0.2) is 12.2 Å². The van der Waals surface area contributed by atoms with E-state index in [4.69, 9.17) is 16.3 Å². The van der Waals surface area contributed by atoms with Gasteiger partial charge in [-0.2, -0.15) is 0 Å². The normalized spacial score (nSPS) is 12.6. The lowest BCUT2D eigenvalue weighted by Crippen LogP contribution is -1.98. The van der Waals surface area contributed by atoms with E-state index in [-0.39, 0.29) is 0 Å². The first-order chi connectivity index (χ1) is 6.19. The summed E-state index contributed by atoms with van der Waals surface area (Å²) in [5, 5.41) is 10.2. The third-order valence-electron chi connectivity index (χ3n) is 1.94. The lowest BCUT2D eigenvalue weighted by molar-refractivity contribution is 0.169. The van der Waals surface area contributed by atoms with Crippen LogP contribution in [0.4, 0.5) is 0 Å². The van der Waals surface area contributed by atoms with Gasteiger partial charge >= 0.3 is 0 Å². The molecular weight excluding hydrogens is 188 g/mol. The molecule has 1 aromatic rings. The van der Waals surface area contributed by atoms with Crippen LogP contribution in [0.15, 0.2) is 18.2 Å². The van der Waals surface area contributed by atoms with Crippen molar-refractivity contribution >= 4 is 11.6 Å². The molecule has 0 aliphatic rings. The van der Waals surface area contributed by atoms with E-state index in [0.717, 1.165) is 5.56 Å². The van der Waals surface area contributed by atoms with E-state index < -0.39 is 6.10 Å². The number of hydrogen-bond donors (Lipinski definition) is 1. The molecule has 0 aliphatic heterocycles. The SMILES string of the molecule is CC[C@@H](O)c1ccc(Cl)cc1OC. The van der Waals surface area contributed by atoms with Crippen LogP contribution in [-0.2, 0) is 0 Å². The topological polar surface area (TPSA) is 29.5 Å². The lowest BCUT2D eigenvalue weighted by atomic mass is 10.1. The van der Waals surface area contributed by atoms with Gasteiger partial charge in [-0.05, 0) is 18.6 Å². The van der Waals surface area contributed by atoms with Crippen LogP contribution >= 0.6 is 11.6 Å². The average molecular weight is 201 g/mol. The maximum Gasteiger partial charge on any atom is 0.126 e. The minimum absolute atomic E-state index is 0.479. The first kappa shape index (κ1) is 10.4. The Morgan fingerprint density at radius 2 is 2.23 bits per heavy atom. The molecule has 1 N–H and O–H groups in total. The van der Waals surface area contributed by atoms with Crippen molar-refractivity contribution < 1.29 is 9.84 Å². The fourth-order valence-electron chi connectivity index (χ4n) is 1.18. The van der Waals surface area contributed by atoms with Gasteiger partial charge in [0.05, 0.1) is 13.2 Å². The summed E-state index contributed by atoms with van der Waals surface area (Å²) in [5.74, 6) is 0.641.